The maximum absolute atomic E-state index is 3.96. The first-order valence-corrected chi connectivity index (χ1v) is 33.9. The minimum Gasteiger partial charge on any atom is -0.147 e. The van der Waals surface area contributed by atoms with Gasteiger partial charge in [0.25, 0.3) is 0 Å². The number of benzene rings is 4. The van der Waals surface area contributed by atoms with E-state index in [1.54, 1.807) is 22.3 Å². The third kappa shape index (κ3) is 7.58. The van der Waals surface area contributed by atoms with Crippen molar-refractivity contribution in [3.63, 3.8) is 0 Å². The number of halogens is 2. The van der Waals surface area contributed by atoms with E-state index >= 15 is 0 Å². The Kier molecular flexibility index (Phi) is 13.1. The van der Waals surface area contributed by atoms with Crippen molar-refractivity contribution < 1.29 is 17.4 Å². The van der Waals surface area contributed by atoms with Crippen molar-refractivity contribution in [1.29, 1.82) is 0 Å². The van der Waals surface area contributed by atoms with Crippen molar-refractivity contribution in [3.05, 3.63) is 129 Å². The molecule has 4 atom stereocenters. The molecule has 2 aliphatic rings. The normalized spacial score (nSPS) is 18.5. The van der Waals surface area contributed by atoms with Gasteiger partial charge >= 0.3 is 322 Å². The van der Waals surface area contributed by atoms with Gasteiger partial charge in [-0.25, -0.2) is 0 Å². The average Bonchev–Trinajstić information content (AvgIpc) is 3.61. The summed E-state index contributed by atoms with van der Waals surface area (Å²) in [5.41, 5.74) is 21.1. The molecule has 4 aromatic carbocycles. The molecule has 0 heterocycles. The van der Waals surface area contributed by atoms with Gasteiger partial charge in [-0.1, -0.05) is 0 Å². The minimum absolute atomic E-state index is 0. The molecule has 0 amide bonds. The van der Waals surface area contributed by atoms with Crippen molar-refractivity contribution in [1.82, 2.24) is 0 Å². The summed E-state index contributed by atoms with van der Waals surface area (Å²) in [5, 5.41) is 0. The minimum atomic E-state index is -3.96. The fourth-order valence-corrected chi connectivity index (χ4v) is 30.4. The maximum atomic E-state index is 2.83. The van der Waals surface area contributed by atoms with Gasteiger partial charge in [0.15, 0.2) is 0 Å². The summed E-state index contributed by atoms with van der Waals surface area (Å²) < 4.78 is 6.57. The Bertz CT molecular complexity index is 2000. The van der Waals surface area contributed by atoms with Crippen LogP contribution in [0.25, 0.3) is 33.4 Å². The zero-order chi connectivity index (χ0) is 38.2. The zero-order valence-electron chi connectivity index (χ0n) is 35.8. The summed E-state index contributed by atoms with van der Waals surface area (Å²) >= 11 is -3.96. The monoisotopic (exact) mass is 856 g/mol. The molecule has 2 aliphatic carbocycles. The molecule has 0 saturated heterocycles. The summed E-state index contributed by atoms with van der Waals surface area (Å²) in [6.45, 7) is 31.6. The van der Waals surface area contributed by atoms with E-state index in [0.717, 1.165) is 0 Å². The Morgan fingerprint density at radius 1 is 0.556 bits per heavy atom. The van der Waals surface area contributed by atoms with Gasteiger partial charge in [-0.3, -0.25) is 0 Å². The Balaban J connectivity index is 0.00000325. The number of hydrogen-bond acceptors (Lipinski definition) is 0. The van der Waals surface area contributed by atoms with Crippen LogP contribution in [0.3, 0.4) is 0 Å². The molecular formula is C50H68Cl2SiZr. The van der Waals surface area contributed by atoms with Crippen LogP contribution in [0.1, 0.15) is 148 Å². The van der Waals surface area contributed by atoms with E-state index < -0.39 is 17.4 Å². The predicted molar refractivity (Wildman–Crippen MR) is 246 cm³/mol. The molecule has 54 heavy (non-hydrogen) atoms. The van der Waals surface area contributed by atoms with Gasteiger partial charge in [-0.2, -0.15) is 0 Å². The van der Waals surface area contributed by atoms with E-state index in [2.05, 4.69) is 184 Å². The average molecular weight is 859 g/mol. The number of hydrogen-bond donors (Lipinski definition) is 0. The molecule has 6 rings (SSSR count). The second-order valence-corrected chi connectivity index (χ2v) is 50.3. The summed E-state index contributed by atoms with van der Waals surface area (Å²) in [4.78, 5) is 0. The molecule has 0 nitrogen and oxygen atoms in total. The fourth-order valence-electron chi connectivity index (χ4n) is 10.5. The second-order valence-electron chi connectivity index (χ2n) is 19.8. The molecule has 0 N–H and O–H groups in total. The molecule has 0 bridgehead atoms. The molecule has 4 aromatic rings. The van der Waals surface area contributed by atoms with Crippen LogP contribution in [-0.4, -0.2) is 6.88 Å². The van der Waals surface area contributed by atoms with Crippen LogP contribution < -0.4 is 0 Å². The van der Waals surface area contributed by atoms with Crippen molar-refractivity contribution in [3.8, 4) is 22.3 Å². The Labute approximate surface area is 344 Å². The number of allylic oxidation sites excluding steroid dienone is 4. The SMILES string of the molecule is CCC(C)c1ccc(-c2cccc3c2C(C)=C(C(C)(C)C)[CH]3[Zr]([CH3])([CH3])(=[SiH2])[CH]2C(C(C)(C)C)=C(C)c3c(-c4ccc(C(C)CC)cc4)cccc32)cc1.Cl.Cl. The van der Waals surface area contributed by atoms with E-state index in [1.807, 2.05) is 0 Å². The molecule has 0 radical (unpaired) electrons. The third-order valence-corrected chi connectivity index (χ3v) is 30.4. The first kappa shape index (κ1) is 44.8. The molecule has 0 aliphatic heterocycles. The van der Waals surface area contributed by atoms with Crippen LogP contribution >= 0.6 is 24.8 Å². The first-order valence-electron chi connectivity index (χ1n) is 20.2. The van der Waals surface area contributed by atoms with Gasteiger partial charge in [0.05, 0.1) is 0 Å². The standard InChI is InChI=1S/2C24H29.2CH3.2ClH.H2Si.Zr/c2*1-7-16(2)18-11-13-19(14-12-18)21-10-8-9-20-15-22(24(4,5)6)17(3)23(20)21;;;;;;/h2*8-16H,7H2,1-6H3;2*1H3;2*1H;1H2;. The van der Waals surface area contributed by atoms with Crippen LogP contribution in [0.2, 0.25) is 9.26 Å². The van der Waals surface area contributed by atoms with Gasteiger partial charge in [0.1, 0.15) is 0 Å². The topological polar surface area (TPSA) is 0 Å². The molecule has 290 valence electrons. The molecular weight excluding hydrogens is 791 g/mol. The Morgan fingerprint density at radius 2 is 0.870 bits per heavy atom. The third-order valence-electron chi connectivity index (χ3n) is 13.3. The van der Waals surface area contributed by atoms with E-state index in [1.165, 1.54) is 68.5 Å². The van der Waals surface area contributed by atoms with Crippen molar-refractivity contribution in [2.75, 3.05) is 0 Å². The van der Waals surface area contributed by atoms with Crippen molar-refractivity contribution in [2.24, 2.45) is 10.8 Å². The molecule has 4 unspecified atom stereocenters. The van der Waals surface area contributed by atoms with E-state index in [9.17, 15) is 0 Å². The number of rotatable bonds is 8. The predicted octanol–water partition coefficient (Wildman–Crippen LogP) is 15.7. The summed E-state index contributed by atoms with van der Waals surface area (Å²) in [7, 11) is 0. The van der Waals surface area contributed by atoms with Gasteiger partial charge < -0.3 is 0 Å². The van der Waals surface area contributed by atoms with Crippen LogP contribution in [0.4, 0.5) is 0 Å². The van der Waals surface area contributed by atoms with E-state index in [0.29, 0.717) is 19.1 Å². The summed E-state index contributed by atoms with van der Waals surface area (Å²) in [5.74, 6) is 1.16. The maximum Gasteiger partial charge on any atom is -0.147 e. The van der Waals surface area contributed by atoms with Gasteiger partial charge in [-0.05, 0) is 0 Å². The first-order chi connectivity index (χ1) is 24.2. The van der Waals surface area contributed by atoms with Crippen LogP contribution in [0.5, 0.6) is 0 Å². The molecule has 0 spiro atoms. The van der Waals surface area contributed by atoms with Gasteiger partial charge in [0.2, 0.25) is 0 Å². The number of fused-ring (bicyclic) bond motifs is 2. The smallest absolute Gasteiger partial charge is 0.147 e. The van der Waals surface area contributed by atoms with Crippen molar-refractivity contribution in [2.45, 2.75) is 124 Å². The Hall–Kier alpha value is -1.96. The van der Waals surface area contributed by atoms with Gasteiger partial charge in [-0.15, -0.1) is 24.8 Å². The molecule has 4 heteroatoms. The van der Waals surface area contributed by atoms with E-state index in [4.69, 9.17) is 0 Å². The van der Waals surface area contributed by atoms with Crippen molar-refractivity contribution >= 4 is 42.8 Å². The Morgan fingerprint density at radius 3 is 1.15 bits per heavy atom. The van der Waals surface area contributed by atoms with Gasteiger partial charge in [0, 0.05) is 0 Å². The summed E-state index contributed by atoms with van der Waals surface area (Å²) in [6, 6.07) is 33.6. The second kappa shape index (κ2) is 15.8. The van der Waals surface area contributed by atoms with Crippen LogP contribution in [0, 0.1) is 10.8 Å². The molecule has 0 aromatic heterocycles. The fraction of sp³-hybridized carbons (Fsp3) is 0.440. The van der Waals surface area contributed by atoms with E-state index in [-0.39, 0.29) is 35.6 Å². The summed E-state index contributed by atoms with van der Waals surface area (Å²) in [6.07, 6.45) is 2.33. The zero-order valence-corrected chi connectivity index (χ0v) is 41.3. The molecule has 0 fully saturated rings. The largest absolute Gasteiger partial charge is 0.147 e. The van der Waals surface area contributed by atoms with Crippen LogP contribution in [-0.2, 0) is 17.4 Å². The molecule has 0 saturated carbocycles. The quantitative estimate of drug-likeness (QED) is 0.155. The van der Waals surface area contributed by atoms with Crippen LogP contribution in [0.15, 0.2) is 96.1 Å².